The molecule has 0 saturated carbocycles. The Hall–Kier alpha value is -0.160. The molecule has 2 aliphatic rings. The van der Waals surface area contributed by atoms with Gasteiger partial charge in [0.05, 0.1) is 12.2 Å². The normalized spacial score (nSPS) is 35.6. The Morgan fingerprint density at radius 1 is 1.24 bits per heavy atom. The molecule has 2 heterocycles. The van der Waals surface area contributed by atoms with Crippen molar-refractivity contribution in [3.63, 3.8) is 0 Å². The van der Waals surface area contributed by atoms with E-state index in [1.54, 1.807) is 0 Å². The van der Waals surface area contributed by atoms with Gasteiger partial charge in [-0.1, -0.05) is 0 Å². The average molecular weight is 241 g/mol. The minimum atomic E-state index is 0.314. The standard InChI is InChI=1S/C13H27N3O/c1-15(2)11-4-3-7-16(9-11)10-13-6-5-12(8-14)17-13/h11-13H,3-10,14H2,1-2H3. The molecule has 2 fully saturated rings. The maximum atomic E-state index is 5.93. The van der Waals surface area contributed by atoms with Crippen LogP contribution in [0.25, 0.3) is 0 Å². The van der Waals surface area contributed by atoms with Crippen LogP contribution in [0.4, 0.5) is 0 Å². The Morgan fingerprint density at radius 3 is 2.65 bits per heavy atom. The topological polar surface area (TPSA) is 41.7 Å². The molecule has 0 bridgehead atoms. The van der Waals surface area contributed by atoms with Gasteiger partial charge >= 0.3 is 0 Å². The molecule has 3 unspecified atom stereocenters. The number of hydrogen-bond acceptors (Lipinski definition) is 4. The van der Waals surface area contributed by atoms with Crippen LogP contribution in [0, 0.1) is 0 Å². The van der Waals surface area contributed by atoms with E-state index < -0.39 is 0 Å². The Balaban J connectivity index is 1.75. The third kappa shape index (κ3) is 3.65. The quantitative estimate of drug-likeness (QED) is 0.779. The Morgan fingerprint density at radius 2 is 2.00 bits per heavy atom. The van der Waals surface area contributed by atoms with Crippen LogP contribution < -0.4 is 5.73 Å². The van der Waals surface area contributed by atoms with Gasteiger partial charge < -0.3 is 15.4 Å². The van der Waals surface area contributed by atoms with Crippen molar-refractivity contribution in [2.75, 3.05) is 40.3 Å². The van der Waals surface area contributed by atoms with Crippen molar-refractivity contribution in [3.05, 3.63) is 0 Å². The molecule has 0 aromatic carbocycles. The molecule has 0 aromatic heterocycles. The minimum Gasteiger partial charge on any atom is -0.372 e. The second-order valence-electron chi connectivity index (χ2n) is 5.71. The molecular weight excluding hydrogens is 214 g/mol. The molecule has 0 aliphatic carbocycles. The van der Waals surface area contributed by atoms with Gasteiger partial charge in [-0.25, -0.2) is 0 Å². The highest BCUT2D eigenvalue weighted by Crippen LogP contribution is 2.22. The van der Waals surface area contributed by atoms with E-state index in [4.69, 9.17) is 10.5 Å². The van der Waals surface area contributed by atoms with Gasteiger partial charge in [0.1, 0.15) is 0 Å². The van der Waals surface area contributed by atoms with Gasteiger partial charge in [0.15, 0.2) is 0 Å². The number of rotatable bonds is 4. The first kappa shape index (κ1) is 13.3. The lowest BCUT2D eigenvalue weighted by molar-refractivity contribution is 0.0153. The first-order chi connectivity index (χ1) is 8.19. The van der Waals surface area contributed by atoms with Gasteiger partial charge in [-0.3, -0.25) is 4.90 Å². The summed E-state index contributed by atoms with van der Waals surface area (Å²) >= 11 is 0. The molecule has 0 aromatic rings. The van der Waals surface area contributed by atoms with Gasteiger partial charge in [-0.2, -0.15) is 0 Å². The van der Waals surface area contributed by atoms with Crippen LogP contribution in [-0.2, 0) is 4.74 Å². The number of likely N-dealkylation sites (N-methyl/N-ethyl adjacent to an activating group) is 1. The fourth-order valence-electron chi connectivity index (χ4n) is 2.99. The largest absolute Gasteiger partial charge is 0.372 e. The lowest BCUT2D eigenvalue weighted by Crippen LogP contribution is -2.47. The third-order valence-corrected chi connectivity index (χ3v) is 4.13. The van der Waals surface area contributed by atoms with Crippen LogP contribution >= 0.6 is 0 Å². The van der Waals surface area contributed by atoms with E-state index in [1.807, 2.05) is 0 Å². The summed E-state index contributed by atoms with van der Waals surface area (Å²) in [4.78, 5) is 4.92. The number of piperidine rings is 1. The third-order valence-electron chi connectivity index (χ3n) is 4.13. The summed E-state index contributed by atoms with van der Waals surface area (Å²) in [6, 6.07) is 0.718. The first-order valence-electron chi connectivity index (χ1n) is 6.93. The summed E-state index contributed by atoms with van der Waals surface area (Å²) in [7, 11) is 4.37. The number of nitrogens with zero attached hydrogens (tertiary/aromatic N) is 2. The summed E-state index contributed by atoms with van der Waals surface area (Å²) in [6.45, 7) is 4.20. The maximum absolute atomic E-state index is 5.93. The molecule has 17 heavy (non-hydrogen) atoms. The molecule has 4 nitrogen and oxygen atoms in total. The first-order valence-corrected chi connectivity index (χ1v) is 6.93. The molecule has 2 rings (SSSR count). The Bertz CT molecular complexity index is 235. The molecule has 2 aliphatic heterocycles. The zero-order chi connectivity index (χ0) is 12.3. The maximum Gasteiger partial charge on any atom is 0.0707 e. The van der Waals surface area contributed by atoms with Crippen molar-refractivity contribution in [1.29, 1.82) is 0 Å². The number of nitrogens with two attached hydrogens (primary N) is 1. The van der Waals surface area contributed by atoms with Crippen LogP contribution in [0.15, 0.2) is 0 Å². The predicted molar refractivity (Wildman–Crippen MR) is 70.1 cm³/mol. The lowest BCUT2D eigenvalue weighted by Gasteiger charge is -2.37. The summed E-state index contributed by atoms with van der Waals surface area (Å²) in [5, 5.41) is 0. The second-order valence-corrected chi connectivity index (χ2v) is 5.71. The predicted octanol–water partition coefficient (Wildman–Crippen LogP) is 0.519. The smallest absolute Gasteiger partial charge is 0.0707 e. The summed E-state index contributed by atoms with van der Waals surface area (Å²) < 4.78 is 5.93. The van der Waals surface area contributed by atoms with Crippen molar-refractivity contribution in [2.45, 2.75) is 43.9 Å². The highest BCUT2D eigenvalue weighted by Gasteiger charge is 2.28. The molecule has 2 N–H and O–H groups in total. The molecule has 4 heteroatoms. The van der Waals surface area contributed by atoms with Gasteiger partial charge in [0, 0.05) is 25.7 Å². The van der Waals surface area contributed by atoms with Gasteiger partial charge in [0.25, 0.3) is 0 Å². The van der Waals surface area contributed by atoms with Crippen LogP contribution in [0.1, 0.15) is 25.7 Å². The van der Waals surface area contributed by atoms with Crippen molar-refractivity contribution in [3.8, 4) is 0 Å². The molecule has 0 spiro atoms. The van der Waals surface area contributed by atoms with Gasteiger partial charge in [0.2, 0.25) is 0 Å². The molecule has 100 valence electrons. The zero-order valence-corrected chi connectivity index (χ0v) is 11.3. The van der Waals surface area contributed by atoms with E-state index in [2.05, 4.69) is 23.9 Å². The molecular formula is C13H27N3O. The van der Waals surface area contributed by atoms with Crippen molar-refractivity contribution < 1.29 is 4.74 Å². The van der Waals surface area contributed by atoms with Crippen LogP contribution in [0.5, 0.6) is 0 Å². The fraction of sp³-hybridized carbons (Fsp3) is 1.00. The van der Waals surface area contributed by atoms with E-state index in [0.29, 0.717) is 18.8 Å². The van der Waals surface area contributed by atoms with E-state index in [0.717, 1.165) is 19.0 Å². The van der Waals surface area contributed by atoms with E-state index in [9.17, 15) is 0 Å². The van der Waals surface area contributed by atoms with E-state index in [1.165, 1.54) is 32.4 Å². The van der Waals surface area contributed by atoms with Crippen LogP contribution in [0.3, 0.4) is 0 Å². The fourth-order valence-corrected chi connectivity index (χ4v) is 2.99. The Labute approximate surface area is 105 Å². The summed E-state index contributed by atoms with van der Waals surface area (Å²) in [5.74, 6) is 0. The van der Waals surface area contributed by atoms with Crippen LogP contribution in [-0.4, -0.2) is 68.3 Å². The number of likely N-dealkylation sites (tertiary alicyclic amines) is 1. The van der Waals surface area contributed by atoms with Gasteiger partial charge in [-0.15, -0.1) is 0 Å². The van der Waals surface area contributed by atoms with E-state index in [-0.39, 0.29) is 0 Å². The molecule has 0 amide bonds. The number of ether oxygens (including phenoxy) is 1. The highest BCUT2D eigenvalue weighted by molar-refractivity contribution is 4.82. The van der Waals surface area contributed by atoms with Gasteiger partial charge in [-0.05, 0) is 46.3 Å². The van der Waals surface area contributed by atoms with Crippen LogP contribution in [0.2, 0.25) is 0 Å². The highest BCUT2D eigenvalue weighted by atomic mass is 16.5. The second kappa shape index (κ2) is 6.14. The van der Waals surface area contributed by atoms with Crippen molar-refractivity contribution >= 4 is 0 Å². The van der Waals surface area contributed by atoms with E-state index >= 15 is 0 Å². The monoisotopic (exact) mass is 241 g/mol. The average Bonchev–Trinajstić information content (AvgIpc) is 2.77. The number of hydrogen-bond donors (Lipinski definition) is 1. The minimum absolute atomic E-state index is 0.314. The lowest BCUT2D eigenvalue weighted by atomic mass is 10.0. The zero-order valence-electron chi connectivity index (χ0n) is 11.3. The molecule has 0 radical (unpaired) electrons. The van der Waals surface area contributed by atoms with Crippen molar-refractivity contribution in [1.82, 2.24) is 9.80 Å². The SMILES string of the molecule is CN(C)C1CCCN(CC2CCC(CN)O2)C1. The summed E-state index contributed by atoms with van der Waals surface area (Å²) in [5.41, 5.74) is 5.65. The molecule has 2 saturated heterocycles. The van der Waals surface area contributed by atoms with Crippen molar-refractivity contribution in [2.24, 2.45) is 5.73 Å². The Kier molecular flexibility index (Phi) is 4.79. The molecule has 3 atom stereocenters. The summed E-state index contributed by atoms with van der Waals surface area (Å²) in [6.07, 6.45) is 5.71.